The standard InChI is InChI=1S/C6H8BrNO3S/c1-12(10,11)8-3-5(4-9)2-6(8)7/h2-3,9H,4H2,1H3. The highest BCUT2D eigenvalue weighted by atomic mass is 79.9. The summed E-state index contributed by atoms with van der Waals surface area (Å²) in [6, 6.07) is 1.56. The van der Waals surface area contributed by atoms with Gasteiger partial charge in [0, 0.05) is 6.20 Å². The van der Waals surface area contributed by atoms with Crippen LogP contribution in [0, 0.1) is 0 Å². The van der Waals surface area contributed by atoms with Crippen molar-refractivity contribution in [3.8, 4) is 0 Å². The SMILES string of the molecule is CS(=O)(=O)n1cc(CO)cc1Br. The summed E-state index contributed by atoms with van der Waals surface area (Å²) >= 11 is 3.07. The van der Waals surface area contributed by atoms with Gasteiger partial charge in [-0.3, -0.25) is 0 Å². The first-order valence-electron chi connectivity index (χ1n) is 3.13. The van der Waals surface area contributed by atoms with E-state index in [1.54, 1.807) is 6.07 Å². The minimum absolute atomic E-state index is 0.166. The van der Waals surface area contributed by atoms with E-state index in [-0.39, 0.29) is 6.61 Å². The molecule has 0 aliphatic carbocycles. The summed E-state index contributed by atoms with van der Waals surface area (Å²) in [5.74, 6) is 0. The van der Waals surface area contributed by atoms with Gasteiger partial charge in [0.25, 0.3) is 0 Å². The van der Waals surface area contributed by atoms with Crippen molar-refractivity contribution in [1.82, 2.24) is 3.97 Å². The Morgan fingerprint density at radius 3 is 2.50 bits per heavy atom. The van der Waals surface area contributed by atoms with Crippen LogP contribution in [0.4, 0.5) is 0 Å². The number of aromatic nitrogens is 1. The Morgan fingerprint density at radius 2 is 2.25 bits per heavy atom. The van der Waals surface area contributed by atoms with Crippen LogP contribution >= 0.6 is 15.9 Å². The fraction of sp³-hybridized carbons (Fsp3) is 0.333. The van der Waals surface area contributed by atoms with Crippen LogP contribution in [-0.2, 0) is 16.6 Å². The van der Waals surface area contributed by atoms with Gasteiger partial charge in [-0.15, -0.1) is 0 Å². The van der Waals surface area contributed by atoms with Crippen molar-refractivity contribution in [2.24, 2.45) is 0 Å². The van der Waals surface area contributed by atoms with Crippen LogP contribution in [0.25, 0.3) is 0 Å². The minimum atomic E-state index is -3.26. The van der Waals surface area contributed by atoms with Gasteiger partial charge in [0.1, 0.15) is 0 Å². The second kappa shape index (κ2) is 3.20. The minimum Gasteiger partial charge on any atom is -0.392 e. The molecule has 0 bridgehead atoms. The molecule has 6 heteroatoms. The van der Waals surface area contributed by atoms with E-state index in [9.17, 15) is 8.42 Å². The molecule has 4 nitrogen and oxygen atoms in total. The van der Waals surface area contributed by atoms with Gasteiger partial charge in [0.05, 0.1) is 17.5 Å². The molecule has 1 N–H and O–H groups in total. The first kappa shape index (κ1) is 9.76. The average molecular weight is 254 g/mol. The Bertz CT molecular complexity index is 381. The molecule has 1 aromatic rings. The number of hydrogen-bond acceptors (Lipinski definition) is 3. The number of rotatable bonds is 2. The van der Waals surface area contributed by atoms with Gasteiger partial charge in [-0.1, -0.05) is 0 Å². The lowest BCUT2D eigenvalue weighted by Crippen LogP contribution is -2.08. The molecule has 0 fully saturated rings. The monoisotopic (exact) mass is 253 g/mol. The van der Waals surface area contributed by atoms with E-state index in [4.69, 9.17) is 5.11 Å². The molecule has 0 radical (unpaired) electrons. The Kier molecular flexibility index (Phi) is 2.60. The van der Waals surface area contributed by atoms with Crippen LogP contribution < -0.4 is 0 Å². The number of aliphatic hydroxyl groups excluding tert-OH is 1. The van der Waals surface area contributed by atoms with Gasteiger partial charge in [0.15, 0.2) is 0 Å². The molecule has 0 saturated carbocycles. The van der Waals surface area contributed by atoms with Crippen molar-refractivity contribution in [1.29, 1.82) is 0 Å². The predicted molar refractivity (Wildman–Crippen MR) is 48.3 cm³/mol. The van der Waals surface area contributed by atoms with Crippen molar-refractivity contribution in [3.05, 3.63) is 22.4 Å². The Morgan fingerprint density at radius 1 is 1.67 bits per heavy atom. The van der Waals surface area contributed by atoms with Crippen molar-refractivity contribution < 1.29 is 13.5 Å². The molecular formula is C6H8BrNO3S. The topological polar surface area (TPSA) is 59.3 Å². The molecular weight excluding hydrogens is 246 g/mol. The summed E-state index contributed by atoms with van der Waals surface area (Å²) in [6.07, 6.45) is 2.47. The number of halogens is 1. The maximum atomic E-state index is 11.0. The molecule has 0 aliphatic rings. The smallest absolute Gasteiger partial charge is 0.236 e. The number of nitrogens with zero attached hydrogens (tertiary/aromatic N) is 1. The average Bonchev–Trinajstić information content (AvgIpc) is 2.29. The molecule has 0 spiro atoms. The fourth-order valence-corrected chi connectivity index (χ4v) is 2.69. The molecule has 0 aromatic carbocycles. The first-order valence-corrected chi connectivity index (χ1v) is 5.77. The third-order valence-corrected chi connectivity index (χ3v) is 3.20. The molecule has 0 atom stereocenters. The summed E-state index contributed by atoms with van der Waals surface area (Å²) in [5.41, 5.74) is 0.562. The van der Waals surface area contributed by atoms with Crippen molar-refractivity contribution in [3.63, 3.8) is 0 Å². The molecule has 1 aromatic heterocycles. The normalized spacial score (nSPS) is 11.9. The van der Waals surface area contributed by atoms with Crippen LogP contribution in [0.5, 0.6) is 0 Å². The highest BCUT2D eigenvalue weighted by Gasteiger charge is 2.10. The third-order valence-electron chi connectivity index (χ3n) is 1.34. The van der Waals surface area contributed by atoms with E-state index in [2.05, 4.69) is 15.9 Å². The lowest BCUT2D eigenvalue weighted by Gasteiger charge is -1.98. The fourth-order valence-electron chi connectivity index (χ4n) is 0.807. The van der Waals surface area contributed by atoms with Gasteiger partial charge in [-0.25, -0.2) is 12.4 Å². The quantitative estimate of drug-likeness (QED) is 0.838. The zero-order chi connectivity index (χ0) is 9.35. The van der Waals surface area contributed by atoms with E-state index < -0.39 is 10.0 Å². The van der Waals surface area contributed by atoms with E-state index in [1.807, 2.05) is 0 Å². The van der Waals surface area contributed by atoms with E-state index in [1.165, 1.54) is 6.20 Å². The highest BCUT2D eigenvalue weighted by molar-refractivity contribution is 9.10. The molecule has 12 heavy (non-hydrogen) atoms. The van der Waals surface area contributed by atoms with E-state index >= 15 is 0 Å². The molecule has 0 saturated heterocycles. The zero-order valence-electron chi connectivity index (χ0n) is 6.36. The summed E-state index contributed by atoms with van der Waals surface area (Å²) < 4.78 is 23.6. The van der Waals surface area contributed by atoms with Gasteiger partial charge in [-0.2, -0.15) is 0 Å². The summed E-state index contributed by atoms with van der Waals surface area (Å²) in [6.45, 7) is -0.166. The van der Waals surface area contributed by atoms with Crippen molar-refractivity contribution >= 4 is 26.0 Å². The molecule has 0 unspecified atom stereocenters. The van der Waals surface area contributed by atoms with E-state index in [0.717, 1.165) is 10.2 Å². The molecule has 1 heterocycles. The van der Waals surface area contributed by atoms with Gasteiger partial charge in [0.2, 0.25) is 10.0 Å². The van der Waals surface area contributed by atoms with E-state index in [0.29, 0.717) is 10.2 Å². The van der Waals surface area contributed by atoms with Crippen molar-refractivity contribution in [2.45, 2.75) is 6.61 Å². The maximum absolute atomic E-state index is 11.0. The summed E-state index contributed by atoms with van der Waals surface area (Å²) in [7, 11) is -3.26. The number of hydrogen-bond donors (Lipinski definition) is 1. The Labute approximate surface area is 79.0 Å². The van der Waals surface area contributed by atoms with Gasteiger partial charge < -0.3 is 5.11 Å². The van der Waals surface area contributed by atoms with Crippen molar-refractivity contribution in [2.75, 3.05) is 6.26 Å². The predicted octanol–water partition coefficient (Wildman–Crippen LogP) is 0.551. The van der Waals surface area contributed by atoms with Crippen LogP contribution in [0.3, 0.4) is 0 Å². The summed E-state index contributed by atoms with van der Waals surface area (Å²) in [5, 5.41) is 8.71. The summed E-state index contributed by atoms with van der Waals surface area (Å²) in [4.78, 5) is 0. The number of aliphatic hydroxyl groups is 1. The molecule has 0 aliphatic heterocycles. The van der Waals surface area contributed by atoms with Gasteiger partial charge in [-0.05, 0) is 27.6 Å². The molecule has 1 rings (SSSR count). The second-order valence-electron chi connectivity index (χ2n) is 2.39. The Hall–Kier alpha value is -0.330. The highest BCUT2D eigenvalue weighted by Crippen LogP contribution is 2.16. The zero-order valence-corrected chi connectivity index (χ0v) is 8.76. The lowest BCUT2D eigenvalue weighted by atomic mass is 10.4. The molecule has 68 valence electrons. The van der Waals surface area contributed by atoms with Gasteiger partial charge >= 0.3 is 0 Å². The van der Waals surface area contributed by atoms with Crippen LogP contribution in [-0.4, -0.2) is 23.8 Å². The molecule has 0 amide bonds. The maximum Gasteiger partial charge on any atom is 0.236 e. The third kappa shape index (κ3) is 1.88. The first-order chi connectivity index (χ1) is 5.45. The Balaban J connectivity index is 3.27. The lowest BCUT2D eigenvalue weighted by molar-refractivity contribution is 0.282. The van der Waals surface area contributed by atoms with Crippen LogP contribution in [0.15, 0.2) is 16.9 Å². The van der Waals surface area contributed by atoms with Crippen LogP contribution in [0.1, 0.15) is 5.56 Å². The largest absolute Gasteiger partial charge is 0.392 e. The second-order valence-corrected chi connectivity index (χ2v) is 5.06. The van der Waals surface area contributed by atoms with Crippen LogP contribution in [0.2, 0.25) is 0 Å².